The van der Waals surface area contributed by atoms with Crippen molar-refractivity contribution in [2.24, 2.45) is 0 Å². The first-order valence-electron chi connectivity index (χ1n) is 8.08. The van der Waals surface area contributed by atoms with Crippen LogP contribution in [0.5, 0.6) is 0 Å². The van der Waals surface area contributed by atoms with Crippen molar-refractivity contribution in [3.63, 3.8) is 0 Å². The molecule has 0 aliphatic rings. The molecule has 0 bridgehead atoms. The van der Waals surface area contributed by atoms with Crippen LogP contribution in [-0.4, -0.2) is 47.5 Å². The van der Waals surface area contributed by atoms with E-state index in [1.54, 1.807) is 6.92 Å². The average Bonchev–Trinajstić information content (AvgIpc) is 2.57. The van der Waals surface area contributed by atoms with Crippen LogP contribution in [0.25, 0.3) is 0 Å². The zero-order chi connectivity index (χ0) is 20.1. The number of rotatable bonds is 9. The molecule has 0 aromatic heterocycles. The van der Waals surface area contributed by atoms with Gasteiger partial charge in [0.2, 0.25) is 0 Å². The molecule has 0 unspecified atom stereocenters. The Balaban J connectivity index is 3.53. The van der Waals surface area contributed by atoms with Crippen LogP contribution >= 0.6 is 0 Å². The maximum Gasteiger partial charge on any atom is 0.418 e. The first-order chi connectivity index (χ1) is 12.1. The van der Waals surface area contributed by atoms with Gasteiger partial charge in [-0.25, -0.2) is 0 Å². The van der Waals surface area contributed by atoms with E-state index in [4.69, 9.17) is 0 Å². The lowest BCUT2D eigenvalue weighted by Gasteiger charge is -2.28. The van der Waals surface area contributed by atoms with Crippen molar-refractivity contribution in [1.29, 1.82) is 0 Å². The zero-order valence-electron chi connectivity index (χ0n) is 14.7. The number of nitrogens with zero attached hydrogens (tertiary/aromatic N) is 4. The standard InChI is InChI=1S/C15H21F3N4O4/c1-4-19(5-2)7-8-20(6-3)14-12(15(16,17)18)9-11(21(23)24)10-13(14)22(25)26/h9-10H,4-8H2,1-3H3. The van der Waals surface area contributed by atoms with E-state index in [1.165, 1.54) is 4.90 Å². The zero-order valence-corrected chi connectivity index (χ0v) is 14.7. The Kier molecular flexibility index (Phi) is 7.30. The van der Waals surface area contributed by atoms with Gasteiger partial charge < -0.3 is 9.80 Å². The number of benzene rings is 1. The minimum atomic E-state index is -4.96. The predicted octanol–water partition coefficient (Wildman–Crippen LogP) is 3.69. The quantitative estimate of drug-likeness (QED) is 0.481. The molecule has 0 radical (unpaired) electrons. The third-order valence-corrected chi connectivity index (χ3v) is 4.07. The molecule has 1 aromatic carbocycles. The van der Waals surface area contributed by atoms with E-state index in [1.807, 2.05) is 18.7 Å². The second kappa shape index (κ2) is 8.79. The van der Waals surface area contributed by atoms with E-state index in [0.29, 0.717) is 31.8 Å². The molecular weight excluding hydrogens is 357 g/mol. The number of halogens is 3. The molecule has 1 rings (SSSR count). The SMILES string of the molecule is CCN(CC)CCN(CC)c1c([N+](=O)[O-])cc([N+](=O)[O-])cc1C(F)(F)F. The molecule has 8 nitrogen and oxygen atoms in total. The van der Waals surface area contributed by atoms with Crippen molar-refractivity contribution in [3.8, 4) is 0 Å². The van der Waals surface area contributed by atoms with Crippen molar-refractivity contribution < 1.29 is 23.0 Å². The highest BCUT2D eigenvalue weighted by molar-refractivity contribution is 5.72. The van der Waals surface area contributed by atoms with Crippen LogP contribution in [0.15, 0.2) is 12.1 Å². The van der Waals surface area contributed by atoms with Gasteiger partial charge in [-0.2, -0.15) is 13.2 Å². The lowest BCUT2D eigenvalue weighted by Crippen LogP contribution is -2.36. The molecule has 0 saturated carbocycles. The summed E-state index contributed by atoms with van der Waals surface area (Å²) >= 11 is 0. The molecule has 0 atom stereocenters. The Labute approximate surface area is 148 Å². The van der Waals surface area contributed by atoms with E-state index in [9.17, 15) is 33.4 Å². The van der Waals surface area contributed by atoms with Crippen LogP contribution in [0, 0.1) is 20.2 Å². The van der Waals surface area contributed by atoms with E-state index >= 15 is 0 Å². The van der Waals surface area contributed by atoms with E-state index in [-0.39, 0.29) is 13.1 Å². The molecule has 0 amide bonds. The van der Waals surface area contributed by atoms with Gasteiger partial charge in [0.15, 0.2) is 0 Å². The van der Waals surface area contributed by atoms with Crippen molar-refractivity contribution >= 4 is 17.1 Å². The van der Waals surface area contributed by atoms with Gasteiger partial charge >= 0.3 is 6.18 Å². The Bertz CT molecular complexity index is 663. The van der Waals surface area contributed by atoms with Crippen molar-refractivity contribution in [2.75, 3.05) is 37.6 Å². The van der Waals surface area contributed by atoms with Gasteiger partial charge in [-0.1, -0.05) is 13.8 Å². The summed E-state index contributed by atoms with van der Waals surface area (Å²) in [6.07, 6.45) is -4.96. The van der Waals surface area contributed by atoms with E-state index < -0.39 is 38.6 Å². The largest absolute Gasteiger partial charge is 0.418 e. The summed E-state index contributed by atoms with van der Waals surface area (Å²) in [4.78, 5) is 23.3. The Morgan fingerprint density at radius 2 is 1.54 bits per heavy atom. The molecule has 0 spiro atoms. The van der Waals surface area contributed by atoms with Crippen LogP contribution in [0.4, 0.5) is 30.2 Å². The van der Waals surface area contributed by atoms with Gasteiger partial charge in [0.1, 0.15) is 5.69 Å². The summed E-state index contributed by atoms with van der Waals surface area (Å²) in [5, 5.41) is 22.2. The predicted molar refractivity (Wildman–Crippen MR) is 90.4 cm³/mol. The third-order valence-electron chi connectivity index (χ3n) is 4.07. The Hall–Kier alpha value is -2.43. The summed E-state index contributed by atoms with van der Waals surface area (Å²) in [5.41, 5.74) is -3.90. The highest BCUT2D eigenvalue weighted by atomic mass is 19.4. The van der Waals surface area contributed by atoms with E-state index in [2.05, 4.69) is 0 Å². The monoisotopic (exact) mass is 378 g/mol. The van der Waals surface area contributed by atoms with Gasteiger partial charge in [-0.05, 0) is 20.0 Å². The van der Waals surface area contributed by atoms with Crippen LogP contribution in [0.3, 0.4) is 0 Å². The fourth-order valence-electron chi connectivity index (χ4n) is 2.63. The van der Waals surface area contributed by atoms with Crippen molar-refractivity contribution in [2.45, 2.75) is 26.9 Å². The smallest absolute Gasteiger partial charge is 0.364 e. The number of nitro benzene ring substituents is 2. The number of anilines is 1. The average molecular weight is 378 g/mol. The first kappa shape index (κ1) is 21.6. The van der Waals surface area contributed by atoms with Gasteiger partial charge in [0.25, 0.3) is 11.4 Å². The molecule has 0 heterocycles. The van der Waals surface area contributed by atoms with E-state index in [0.717, 1.165) is 0 Å². The molecule has 26 heavy (non-hydrogen) atoms. The number of nitro groups is 2. The Morgan fingerprint density at radius 3 is 1.92 bits per heavy atom. The number of alkyl halides is 3. The molecule has 0 N–H and O–H groups in total. The van der Waals surface area contributed by atoms with Gasteiger partial charge in [-0.3, -0.25) is 20.2 Å². The number of hydrogen-bond donors (Lipinski definition) is 0. The summed E-state index contributed by atoms with van der Waals surface area (Å²) < 4.78 is 40.4. The minimum absolute atomic E-state index is 0.0863. The number of non-ortho nitro benzene ring substituents is 1. The second-order valence-electron chi connectivity index (χ2n) is 5.48. The van der Waals surface area contributed by atoms with Crippen molar-refractivity contribution in [3.05, 3.63) is 37.9 Å². The van der Waals surface area contributed by atoms with Gasteiger partial charge in [0.05, 0.1) is 21.5 Å². The fraction of sp³-hybridized carbons (Fsp3) is 0.600. The molecule has 0 fully saturated rings. The molecule has 0 aliphatic heterocycles. The molecule has 11 heteroatoms. The van der Waals surface area contributed by atoms with Gasteiger partial charge in [0, 0.05) is 25.7 Å². The molecule has 146 valence electrons. The summed E-state index contributed by atoms with van der Waals surface area (Å²) in [5.74, 6) is 0. The van der Waals surface area contributed by atoms with Crippen LogP contribution in [0.2, 0.25) is 0 Å². The fourth-order valence-corrected chi connectivity index (χ4v) is 2.63. The molecule has 0 aliphatic carbocycles. The highest BCUT2D eigenvalue weighted by Crippen LogP contribution is 2.44. The van der Waals surface area contributed by atoms with Crippen LogP contribution in [-0.2, 0) is 6.18 Å². The Morgan fingerprint density at radius 1 is 0.962 bits per heavy atom. The lowest BCUT2D eigenvalue weighted by molar-refractivity contribution is -0.394. The normalized spacial score (nSPS) is 11.7. The lowest BCUT2D eigenvalue weighted by atomic mass is 10.1. The van der Waals surface area contributed by atoms with Crippen LogP contribution in [0.1, 0.15) is 26.3 Å². The topological polar surface area (TPSA) is 92.8 Å². The maximum absolute atomic E-state index is 13.5. The number of likely N-dealkylation sites (N-methyl/N-ethyl adjacent to an activating group) is 2. The molecular formula is C15H21F3N4O4. The number of hydrogen-bond acceptors (Lipinski definition) is 6. The van der Waals surface area contributed by atoms with Crippen LogP contribution < -0.4 is 4.90 Å². The molecule has 1 aromatic rings. The first-order valence-corrected chi connectivity index (χ1v) is 8.08. The molecule has 0 saturated heterocycles. The highest BCUT2D eigenvalue weighted by Gasteiger charge is 2.41. The summed E-state index contributed by atoms with van der Waals surface area (Å²) in [7, 11) is 0. The van der Waals surface area contributed by atoms with Crippen molar-refractivity contribution in [1.82, 2.24) is 4.90 Å². The van der Waals surface area contributed by atoms with Gasteiger partial charge in [-0.15, -0.1) is 0 Å². The maximum atomic E-state index is 13.5. The minimum Gasteiger partial charge on any atom is -0.364 e. The summed E-state index contributed by atoms with van der Waals surface area (Å²) in [6, 6.07) is 0.924. The second-order valence-corrected chi connectivity index (χ2v) is 5.48. The summed E-state index contributed by atoms with van der Waals surface area (Å²) in [6.45, 7) is 7.36. The third kappa shape index (κ3) is 5.04.